The Morgan fingerprint density at radius 3 is 2.86 bits per heavy atom. The van der Waals surface area contributed by atoms with Gasteiger partial charge >= 0.3 is 0 Å². The number of hydrogen-bond acceptors (Lipinski definition) is 3. The zero-order chi connectivity index (χ0) is 14.8. The summed E-state index contributed by atoms with van der Waals surface area (Å²) in [6.45, 7) is 4.19. The minimum Gasteiger partial charge on any atom is -0.378 e. The van der Waals surface area contributed by atoms with E-state index in [1.807, 2.05) is 7.05 Å². The Labute approximate surface area is 126 Å². The molecule has 1 N–H and O–H groups in total. The average molecular weight is 288 g/mol. The Morgan fingerprint density at radius 2 is 2.14 bits per heavy atom. The monoisotopic (exact) mass is 288 g/mol. The highest BCUT2D eigenvalue weighted by atomic mass is 16.5. The zero-order valence-electron chi connectivity index (χ0n) is 12.8. The van der Waals surface area contributed by atoms with E-state index in [0.717, 1.165) is 26.0 Å². The van der Waals surface area contributed by atoms with Crippen LogP contribution in [0.5, 0.6) is 0 Å². The third-order valence-electron chi connectivity index (χ3n) is 4.60. The second-order valence-electron chi connectivity index (χ2n) is 6.43. The number of fused-ring (bicyclic) bond motifs is 1. The first-order valence-corrected chi connectivity index (χ1v) is 7.77. The number of amides is 1. The van der Waals surface area contributed by atoms with Gasteiger partial charge in [0.2, 0.25) is 5.91 Å². The highest BCUT2D eigenvalue weighted by Crippen LogP contribution is 2.38. The Morgan fingerprint density at radius 1 is 1.38 bits per heavy atom. The number of rotatable bonds is 5. The summed E-state index contributed by atoms with van der Waals surface area (Å²) < 4.78 is 5.57. The van der Waals surface area contributed by atoms with E-state index in [9.17, 15) is 4.79 Å². The van der Waals surface area contributed by atoms with Gasteiger partial charge in [-0.2, -0.15) is 0 Å². The van der Waals surface area contributed by atoms with Crippen LogP contribution in [-0.4, -0.2) is 43.2 Å². The lowest BCUT2D eigenvalue weighted by Crippen LogP contribution is -2.54. The lowest BCUT2D eigenvalue weighted by atomic mass is 9.76. The van der Waals surface area contributed by atoms with Crippen molar-refractivity contribution in [2.75, 3.05) is 20.2 Å². The number of ether oxygens (including phenoxy) is 1. The molecule has 1 saturated heterocycles. The van der Waals surface area contributed by atoms with Crippen LogP contribution in [0.15, 0.2) is 24.3 Å². The van der Waals surface area contributed by atoms with Gasteiger partial charge in [0.15, 0.2) is 0 Å². The number of likely N-dealkylation sites (N-methyl/N-ethyl adjacent to an activating group) is 1. The number of aryl methyl sites for hydroxylation is 1. The molecule has 1 aliphatic heterocycles. The molecule has 2 fully saturated rings. The van der Waals surface area contributed by atoms with E-state index in [1.165, 1.54) is 11.1 Å². The third-order valence-corrected chi connectivity index (χ3v) is 4.60. The van der Waals surface area contributed by atoms with Crippen molar-refractivity contribution in [2.24, 2.45) is 5.92 Å². The maximum absolute atomic E-state index is 12.1. The third kappa shape index (κ3) is 3.44. The molecule has 4 heteroatoms. The fraction of sp³-hybridized carbons (Fsp3) is 0.588. The molecular formula is C17H24N2O2. The van der Waals surface area contributed by atoms with E-state index in [1.54, 1.807) is 0 Å². The minimum absolute atomic E-state index is 0.125. The molecule has 1 aromatic carbocycles. The van der Waals surface area contributed by atoms with Crippen molar-refractivity contribution in [3.63, 3.8) is 0 Å². The highest BCUT2D eigenvalue weighted by Gasteiger charge is 2.45. The van der Waals surface area contributed by atoms with Gasteiger partial charge in [0.1, 0.15) is 0 Å². The van der Waals surface area contributed by atoms with Crippen LogP contribution in [0.4, 0.5) is 0 Å². The van der Waals surface area contributed by atoms with Crippen molar-refractivity contribution < 1.29 is 9.53 Å². The van der Waals surface area contributed by atoms with Crippen LogP contribution in [0.25, 0.3) is 0 Å². The molecule has 0 spiro atoms. The summed E-state index contributed by atoms with van der Waals surface area (Å²) in [6.07, 6.45) is 2.48. The maximum atomic E-state index is 12.1. The van der Waals surface area contributed by atoms with E-state index < -0.39 is 0 Å². The number of nitrogens with zero attached hydrogens (tertiary/aromatic N) is 1. The summed E-state index contributed by atoms with van der Waals surface area (Å²) in [5.41, 5.74) is 2.50. The van der Waals surface area contributed by atoms with E-state index >= 15 is 0 Å². The summed E-state index contributed by atoms with van der Waals surface area (Å²) >= 11 is 0. The number of carbonyl (C=O) groups excluding carboxylic acids is 1. The van der Waals surface area contributed by atoms with Gasteiger partial charge in [-0.25, -0.2) is 0 Å². The molecule has 1 heterocycles. The van der Waals surface area contributed by atoms with Gasteiger partial charge in [-0.15, -0.1) is 0 Å². The molecule has 0 unspecified atom stereocenters. The number of benzene rings is 1. The molecule has 114 valence electrons. The molecule has 2 aliphatic rings. The lowest BCUT2D eigenvalue weighted by Gasteiger charge is -2.39. The Balaban J connectivity index is 1.43. The van der Waals surface area contributed by atoms with Crippen molar-refractivity contribution in [1.29, 1.82) is 0 Å². The fourth-order valence-electron chi connectivity index (χ4n) is 3.32. The number of nitrogens with one attached hydrogen (secondary N) is 1. The van der Waals surface area contributed by atoms with Crippen LogP contribution in [-0.2, 0) is 16.1 Å². The van der Waals surface area contributed by atoms with Gasteiger partial charge in [0, 0.05) is 25.1 Å². The van der Waals surface area contributed by atoms with Gasteiger partial charge in [0.25, 0.3) is 0 Å². The quantitative estimate of drug-likeness (QED) is 0.897. The summed E-state index contributed by atoms with van der Waals surface area (Å²) in [4.78, 5) is 14.2. The highest BCUT2D eigenvalue weighted by molar-refractivity contribution is 5.78. The van der Waals surface area contributed by atoms with Crippen LogP contribution in [0.2, 0.25) is 0 Å². The van der Waals surface area contributed by atoms with Crippen molar-refractivity contribution in [3.05, 3.63) is 35.4 Å². The second-order valence-corrected chi connectivity index (χ2v) is 6.43. The predicted molar refractivity (Wildman–Crippen MR) is 81.9 cm³/mol. The van der Waals surface area contributed by atoms with Crippen molar-refractivity contribution >= 4 is 5.91 Å². The summed E-state index contributed by atoms with van der Waals surface area (Å²) in [5.74, 6) is 0.677. The first-order chi connectivity index (χ1) is 10.1. The minimum atomic E-state index is 0.125. The van der Waals surface area contributed by atoms with E-state index in [-0.39, 0.29) is 5.91 Å². The van der Waals surface area contributed by atoms with Gasteiger partial charge in [-0.1, -0.05) is 29.8 Å². The van der Waals surface area contributed by atoms with Gasteiger partial charge in [0.05, 0.1) is 12.6 Å². The van der Waals surface area contributed by atoms with Crippen LogP contribution < -0.4 is 5.32 Å². The van der Waals surface area contributed by atoms with Crippen LogP contribution >= 0.6 is 0 Å². The Hall–Kier alpha value is -1.39. The number of hydrogen-bond donors (Lipinski definition) is 1. The van der Waals surface area contributed by atoms with Crippen LogP contribution in [0, 0.1) is 12.8 Å². The molecule has 0 aromatic heterocycles. The standard InChI is InChI=1S/C17H24N2O2/c1-12-3-5-13(6-4-12)10-19(2)11-17(20)18-15-9-16-14(15)7-8-21-16/h3-6,14-16H,7-11H2,1-2H3,(H,18,20)/t14-,15+,16+/m0/s1. The van der Waals surface area contributed by atoms with Crippen LogP contribution in [0.1, 0.15) is 24.0 Å². The molecule has 1 saturated carbocycles. The summed E-state index contributed by atoms with van der Waals surface area (Å²) in [6, 6.07) is 8.79. The maximum Gasteiger partial charge on any atom is 0.234 e. The van der Waals surface area contributed by atoms with Crippen molar-refractivity contribution in [3.8, 4) is 0 Å². The van der Waals surface area contributed by atoms with Gasteiger partial charge in [-0.05, 0) is 32.4 Å². The van der Waals surface area contributed by atoms with E-state index in [0.29, 0.717) is 24.6 Å². The second kappa shape index (κ2) is 6.16. The first kappa shape index (κ1) is 14.5. The average Bonchev–Trinajstić information content (AvgIpc) is 2.80. The summed E-state index contributed by atoms with van der Waals surface area (Å²) in [7, 11) is 1.99. The largest absolute Gasteiger partial charge is 0.378 e. The topological polar surface area (TPSA) is 41.6 Å². The molecule has 0 radical (unpaired) electrons. The smallest absolute Gasteiger partial charge is 0.234 e. The molecular weight excluding hydrogens is 264 g/mol. The summed E-state index contributed by atoms with van der Waals surface area (Å²) in [5, 5.41) is 3.15. The fourth-order valence-corrected chi connectivity index (χ4v) is 3.32. The van der Waals surface area contributed by atoms with Gasteiger partial charge in [-0.3, -0.25) is 9.69 Å². The molecule has 0 bridgehead atoms. The zero-order valence-corrected chi connectivity index (χ0v) is 12.8. The molecule has 1 amide bonds. The molecule has 1 aromatic rings. The van der Waals surface area contributed by atoms with Crippen molar-refractivity contribution in [2.45, 2.75) is 38.5 Å². The molecule has 21 heavy (non-hydrogen) atoms. The molecule has 3 rings (SSSR count). The molecule has 3 atom stereocenters. The van der Waals surface area contributed by atoms with Crippen LogP contribution in [0.3, 0.4) is 0 Å². The molecule has 4 nitrogen and oxygen atoms in total. The SMILES string of the molecule is Cc1ccc(CN(C)CC(=O)N[C@@H]2C[C@H]3OCC[C@@H]23)cc1. The molecule has 1 aliphatic carbocycles. The normalized spacial score (nSPS) is 27.3. The predicted octanol–water partition coefficient (Wildman–Crippen LogP) is 1.72. The van der Waals surface area contributed by atoms with E-state index in [2.05, 4.69) is 41.4 Å². The van der Waals surface area contributed by atoms with Gasteiger partial charge < -0.3 is 10.1 Å². The van der Waals surface area contributed by atoms with Crippen molar-refractivity contribution in [1.82, 2.24) is 10.2 Å². The lowest BCUT2D eigenvalue weighted by molar-refractivity contribution is -0.125. The Kier molecular flexibility index (Phi) is 4.27. The Bertz CT molecular complexity index is 500. The van der Waals surface area contributed by atoms with E-state index in [4.69, 9.17) is 4.74 Å². The first-order valence-electron chi connectivity index (χ1n) is 7.77. The number of carbonyl (C=O) groups is 1.